The lowest BCUT2D eigenvalue weighted by Crippen LogP contribution is -2.44. The zero-order valence-electron chi connectivity index (χ0n) is 26.1. The van der Waals surface area contributed by atoms with Crippen molar-refractivity contribution in [3.8, 4) is 16.8 Å². The minimum absolute atomic E-state index is 0.0783. The van der Waals surface area contributed by atoms with Gasteiger partial charge in [-0.1, -0.05) is 25.1 Å². The maximum Gasteiger partial charge on any atom is 0.274 e. The van der Waals surface area contributed by atoms with E-state index in [0.29, 0.717) is 44.8 Å². The van der Waals surface area contributed by atoms with Crippen LogP contribution in [0.25, 0.3) is 27.6 Å². The fourth-order valence-electron chi connectivity index (χ4n) is 5.96. The first-order valence-electron chi connectivity index (χ1n) is 15.2. The molecule has 46 heavy (non-hydrogen) atoms. The number of hydrogen-bond acceptors (Lipinski definition) is 8. The number of aliphatic hydroxyl groups excluding tert-OH is 2. The monoisotopic (exact) mass is 624 g/mol. The summed E-state index contributed by atoms with van der Waals surface area (Å²) < 4.78 is 18.0. The number of nitrogens with one attached hydrogen (secondary N) is 1. The number of rotatable bonds is 8. The second-order valence-corrected chi connectivity index (χ2v) is 11.9. The van der Waals surface area contributed by atoms with Crippen molar-refractivity contribution in [1.82, 2.24) is 19.0 Å². The molecule has 238 valence electrons. The second-order valence-electron chi connectivity index (χ2n) is 11.9. The molecule has 2 aromatic carbocycles. The summed E-state index contributed by atoms with van der Waals surface area (Å²) in [5.74, 6) is -0.435. The van der Waals surface area contributed by atoms with Crippen molar-refractivity contribution in [2.24, 2.45) is 7.05 Å². The number of halogens is 1. The number of anilines is 3. The van der Waals surface area contributed by atoms with Gasteiger partial charge >= 0.3 is 0 Å². The van der Waals surface area contributed by atoms with Crippen LogP contribution in [0.15, 0.2) is 82.8 Å². The number of piperazine rings is 1. The van der Waals surface area contributed by atoms with Gasteiger partial charge in [-0.3, -0.25) is 14.2 Å². The Balaban J connectivity index is 1.36. The van der Waals surface area contributed by atoms with E-state index in [0.717, 1.165) is 31.9 Å². The van der Waals surface area contributed by atoms with Crippen LogP contribution in [0, 0.1) is 5.82 Å². The number of aliphatic hydroxyl groups is 2. The highest BCUT2D eigenvalue weighted by Crippen LogP contribution is 2.31. The van der Waals surface area contributed by atoms with Gasteiger partial charge in [-0.2, -0.15) is 0 Å². The number of benzene rings is 2. The smallest absolute Gasteiger partial charge is 0.274 e. The summed E-state index contributed by atoms with van der Waals surface area (Å²) in [6.07, 6.45) is 5.02. The van der Waals surface area contributed by atoms with Gasteiger partial charge in [-0.05, 0) is 60.0 Å². The van der Waals surface area contributed by atoms with Crippen molar-refractivity contribution in [3.63, 3.8) is 0 Å². The van der Waals surface area contributed by atoms with Crippen molar-refractivity contribution < 1.29 is 14.6 Å². The average Bonchev–Trinajstić information content (AvgIpc) is 3.06. The van der Waals surface area contributed by atoms with E-state index >= 15 is 4.39 Å². The Morgan fingerprint density at radius 1 is 0.978 bits per heavy atom. The third kappa shape index (κ3) is 5.92. The van der Waals surface area contributed by atoms with Gasteiger partial charge in [0.05, 0.1) is 29.6 Å². The molecule has 0 spiro atoms. The molecule has 11 heteroatoms. The Hall–Kier alpha value is -4.84. The van der Waals surface area contributed by atoms with E-state index in [1.165, 1.54) is 15.2 Å². The average molecular weight is 625 g/mol. The quantitative estimate of drug-likeness (QED) is 0.238. The van der Waals surface area contributed by atoms with Crippen molar-refractivity contribution in [2.45, 2.75) is 19.4 Å². The summed E-state index contributed by atoms with van der Waals surface area (Å²) in [6.45, 7) is 5.04. The molecule has 10 nitrogen and oxygen atoms in total. The zero-order valence-corrected chi connectivity index (χ0v) is 26.1. The van der Waals surface area contributed by atoms with Gasteiger partial charge in [-0.15, -0.1) is 0 Å². The third-order valence-electron chi connectivity index (χ3n) is 8.76. The molecule has 1 aliphatic heterocycles. The summed E-state index contributed by atoms with van der Waals surface area (Å²) in [5, 5.41) is 23.6. The van der Waals surface area contributed by atoms with E-state index in [-0.39, 0.29) is 23.5 Å². The Morgan fingerprint density at radius 3 is 2.46 bits per heavy atom. The van der Waals surface area contributed by atoms with E-state index in [1.54, 1.807) is 69.0 Å². The molecule has 6 rings (SSSR count). The van der Waals surface area contributed by atoms with Crippen LogP contribution in [-0.4, -0.2) is 69.1 Å². The highest BCUT2D eigenvalue weighted by Gasteiger charge is 2.19. The van der Waals surface area contributed by atoms with Crippen LogP contribution in [0.5, 0.6) is 0 Å². The summed E-state index contributed by atoms with van der Waals surface area (Å²) in [6, 6.07) is 15.4. The van der Waals surface area contributed by atoms with Crippen molar-refractivity contribution in [1.29, 1.82) is 0 Å². The van der Waals surface area contributed by atoms with Gasteiger partial charge in [0.25, 0.3) is 11.1 Å². The molecule has 3 N–H and O–H groups in total. The Kier molecular flexibility index (Phi) is 8.72. The topological polar surface area (TPSA) is 116 Å². The maximum absolute atomic E-state index is 15.3. The molecular weight excluding hydrogens is 587 g/mol. The number of likely N-dealkylation sites (N-methyl/N-ethyl adjacent to an activating group) is 1. The van der Waals surface area contributed by atoms with E-state index in [9.17, 15) is 19.8 Å². The molecule has 3 aromatic heterocycles. The predicted octanol–water partition coefficient (Wildman–Crippen LogP) is 3.97. The third-order valence-corrected chi connectivity index (χ3v) is 8.76. The van der Waals surface area contributed by atoms with Crippen LogP contribution < -0.4 is 21.3 Å². The van der Waals surface area contributed by atoms with E-state index < -0.39 is 18.0 Å². The molecule has 0 saturated carbocycles. The van der Waals surface area contributed by atoms with Crippen LogP contribution in [-0.2, 0) is 13.7 Å². The summed E-state index contributed by atoms with van der Waals surface area (Å²) in [4.78, 5) is 35.9. The number of pyridine rings is 3. The van der Waals surface area contributed by atoms with Crippen molar-refractivity contribution in [2.75, 3.05) is 50.1 Å². The van der Waals surface area contributed by atoms with Crippen LogP contribution >= 0.6 is 0 Å². The molecule has 0 amide bonds. The van der Waals surface area contributed by atoms with E-state index in [4.69, 9.17) is 0 Å². The first-order chi connectivity index (χ1) is 22.2. The fourth-order valence-corrected chi connectivity index (χ4v) is 5.96. The minimum Gasteiger partial charge on any atom is -0.396 e. The van der Waals surface area contributed by atoms with E-state index in [2.05, 4.69) is 27.1 Å². The Labute approximate surface area is 265 Å². The molecule has 0 bridgehead atoms. The Bertz CT molecular complexity index is 2020. The summed E-state index contributed by atoms with van der Waals surface area (Å²) in [5.41, 5.74) is 3.16. The minimum atomic E-state index is -0.673. The van der Waals surface area contributed by atoms with Crippen LogP contribution in [0.1, 0.15) is 24.0 Å². The SMILES string of the molecule is CC(CO)c1cc(F)c2c(=O)n(-c3cccc(-c4cc(Nc5ccc(N6CCN(C)CC6)cn5)c(=O)n(C)c4)c3CO)ccc2c1. The van der Waals surface area contributed by atoms with Gasteiger partial charge < -0.3 is 29.9 Å². The molecule has 5 aromatic rings. The molecule has 0 radical (unpaired) electrons. The lowest BCUT2D eigenvalue weighted by Gasteiger charge is -2.33. The van der Waals surface area contributed by atoms with Crippen molar-refractivity contribution in [3.05, 3.63) is 111 Å². The van der Waals surface area contributed by atoms with Crippen LogP contribution in [0.2, 0.25) is 0 Å². The number of aromatic nitrogens is 3. The fraction of sp³-hybridized carbons (Fsp3) is 0.286. The first-order valence-corrected chi connectivity index (χ1v) is 15.2. The molecule has 1 unspecified atom stereocenters. The van der Waals surface area contributed by atoms with Crippen LogP contribution in [0.3, 0.4) is 0 Å². The maximum atomic E-state index is 15.3. The van der Waals surface area contributed by atoms with Crippen molar-refractivity contribution >= 4 is 28.0 Å². The predicted molar refractivity (Wildman–Crippen MR) is 179 cm³/mol. The van der Waals surface area contributed by atoms with Gasteiger partial charge in [0.2, 0.25) is 0 Å². The zero-order chi connectivity index (χ0) is 32.5. The second kappa shape index (κ2) is 12.9. The number of aryl methyl sites for hydroxylation is 1. The molecular formula is C35H37FN6O4. The Morgan fingerprint density at radius 2 is 1.76 bits per heavy atom. The number of fused-ring (bicyclic) bond motifs is 1. The highest BCUT2D eigenvalue weighted by molar-refractivity contribution is 5.84. The standard InChI is InChI=1S/C35H37FN6O4/c1-22(20-43)24-15-23-9-10-42(35(46)33(23)29(36)16-24)31-6-4-5-27(28(31)21-44)25-17-30(34(45)40(3)19-25)38-32-8-7-26(18-37-32)41-13-11-39(2)12-14-41/h4-10,15-19,22,43-44H,11-14,20-21H2,1-3H3,(H,37,38). The molecule has 1 fully saturated rings. The molecule has 0 aliphatic carbocycles. The number of hydrogen-bond donors (Lipinski definition) is 3. The lowest BCUT2D eigenvalue weighted by molar-refractivity contribution is 0.273. The van der Waals surface area contributed by atoms with Gasteiger partial charge in [0.1, 0.15) is 17.3 Å². The summed E-state index contributed by atoms with van der Waals surface area (Å²) >= 11 is 0. The molecule has 1 atom stereocenters. The number of nitrogens with zero attached hydrogens (tertiary/aromatic N) is 5. The van der Waals surface area contributed by atoms with Crippen LogP contribution in [0.4, 0.5) is 21.6 Å². The lowest BCUT2D eigenvalue weighted by atomic mass is 9.97. The molecule has 1 aliphatic rings. The normalized spacial score (nSPS) is 14.5. The largest absolute Gasteiger partial charge is 0.396 e. The van der Waals surface area contributed by atoms with Gasteiger partial charge in [0.15, 0.2) is 0 Å². The molecule has 4 heterocycles. The highest BCUT2D eigenvalue weighted by atomic mass is 19.1. The first kappa shape index (κ1) is 31.2. The van der Waals surface area contributed by atoms with Gasteiger partial charge in [-0.25, -0.2) is 9.37 Å². The summed E-state index contributed by atoms with van der Waals surface area (Å²) in [7, 11) is 3.75. The van der Waals surface area contributed by atoms with Gasteiger partial charge in [0, 0.05) is 69.3 Å². The molecule has 1 saturated heterocycles. The van der Waals surface area contributed by atoms with E-state index in [1.807, 2.05) is 12.1 Å².